The number of hydrogen-bond donors (Lipinski definition) is 2. The lowest BCUT2D eigenvalue weighted by Gasteiger charge is -1.98. The fraction of sp³-hybridized carbons (Fsp3) is 0.250. The minimum atomic E-state index is -0.407. The summed E-state index contributed by atoms with van der Waals surface area (Å²) in [6.07, 6.45) is 1.59. The molecule has 0 spiro atoms. The molecule has 0 fully saturated rings. The molecule has 13 heavy (non-hydrogen) atoms. The van der Waals surface area contributed by atoms with Crippen LogP contribution in [0, 0.1) is 0 Å². The Morgan fingerprint density at radius 2 is 2.15 bits per heavy atom. The number of nitrogens with one attached hydrogen (secondary N) is 1. The van der Waals surface area contributed by atoms with E-state index in [0.29, 0.717) is 11.3 Å². The zero-order valence-corrected chi connectivity index (χ0v) is 7.50. The standard InChI is InChI=1S/C8H11N3O2/c1-5(12)6-3-7(8(13)10-9)11(2)4-6/h3-4H,9H2,1-2H3,(H,10,13). The summed E-state index contributed by atoms with van der Waals surface area (Å²) in [5.41, 5.74) is 2.87. The highest BCUT2D eigenvalue weighted by Gasteiger charge is 2.11. The monoisotopic (exact) mass is 181 g/mol. The Kier molecular flexibility index (Phi) is 2.48. The van der Waals surface area contributed by atoms with E-state index in [0.717, 1.165) is 0 Å². The lowest BCUT2D eigenvalue weighted by Crippen LogP contribution is -2.31. The van der Waals surface area contributed by atoms with Crippen LogP contribution in [0.4, 0.5) is 0 Å². The number of Topliss-reactive ketones (excluding diaryl/α,β-unsaturated/α-hetero) is 1. The molecular formula is C8H11N3O2. The van der Waals surface area contributed by atoms with Crippen LogP contribution in [0.15, 0.2) is 12.3 Å². The van der Waals surface area contributed by atoms with E-state index in [4.69, 9.17) is 5.84 Å². The van der Waals surface area contributed by atoms with Crippen LogP contribution in [-0.2, 0) is 7.05 Å². The van der Waals surface area contributed by atoms with Crippen molar-refractivity contribution in [1.82, 2.24) is 9.99 Å². The molecule has 0 aliphatic rings. The largest absolute Gasteiger partial charge is 0.346 e. The molecule has 5 nitrogen and oxygen atoms in total. The predicted octanol–water partition coefficient (Wildman–Crippen LogP) is -0.169. The van der Waals surface area contributed by atoms with Crippen molar-refractivity contribution in [3.63, 3.8) is 0 Å². The Morgan fingerprint density at radius 1 is 1.54 bits per heavy atom. The first kappa shape index (κ1) is 9.47. The molecule has 0 atom stereocenters. The molecule has 0 bridgehead atoms. The molecular weight excluding hydrogens is 170 g/mol. The summed E-state index contributed by atoms with van der Waals surface area (Å²) in [4.78, 5) is 22.0. The van der Waals surface area contributed by atoms with Crippen molar-refractivity contribution in [2.75, 3.05) is 0 Å². The third-order valence-corrected chi connectivity index (χ3v) is 1.78. The van der Waals surface area contributed by atoms with E-state index >= 15 is 0 Å². The number of aromatic nitrogens is 1. The summed E-state index contributed by atoms with van der Waals surface area (Å²) in [6, 6.07) is 1.50. The third-order valence-electron chi connectivity index (χ3n) is 1.78. The molecule has 0 saturated carbocycles. The number of ketones is 1. The highest BCUT2D eigenvalue weighted by molar-refractivity contribution is 5.99. The SMILES string of the molecule is CC(=O)c1cc(C(=O)NN)n(C)c1. The van der Waals surface area contributed by atoms with Crippen LogP contribution in [0.1, 0.15) is 27.8 Å². The second kappa shape index (κ2) is 3.40. The maximum absolute atomic E-state index is 11.1. The van der Waals surface area contributed by atoms with E-state index in [2.05, 4.69) is 0 Å². The molecule has 5 heteroatoms. The number of nitrogens with two attached hydrogens (primary N) is 1. The number of aryl methyl sites for hydroxylation is 1. The highest BCUT2D eigenvalue weighted by atomic mass is 16.2. The first-order valence-electron chi connectivity index (χ1n) is 3.74. The first-order valence-corrected chi connectivity index (χ1v) is 3.74. The van der Waals surface area contributed by atoms with Crippen molar-refractivity contribution in [3.8, 4) is 0 Å². The topological polar surface area (TPSA) is 77.1 Å². The second-order valence-electron chi connectivity index (χ2n) is 2.75. The van der Waals surface area contributed by atoms with E-state index < -0.39 is 5.91 Å². The van der Waals surface area contributed by atoms with Gasteiger partial charge in [-0.3, -0.25) is 15.0 Å². The van der Waals surface area contributed by atoms with Gasteiger partial charge in [0.15, 0.2) is 5.78 Å². The van der Waals surface area contributed by atoms with Crippen LogP contribution in [0.2, 0.25) is 0 Å². The lowest BCUT2D eigenvalue weighted by molar-refractivity contribution is 0.0945. The Balaban J connectivity index is 3.10. The van der Waals surface area contributed by atoms with Crippen molar-refractivity contribution < 1.29 is 9.59 Å². The molecule has 70 valence electrons. The minimum Gasteiger partial charge on any atom is -0.346 e. The Labute approximate surface area is 75.5 Å². The summed E-state index contributed by atoms with van der Waals surface area (Å²) in [5, 5.41) is 0. The molecule has 0 saturated heterocycles. The Hall–Kier alpha value is -1.62. The highest BCUT2D eigenvalue weighted by Crippen LogP contribution is 2.07. The number of hydrazine groups is 1. The van der Waals surface area contributed by atoms with Gasteiger partial charge in [-0.2, -0.15) is 0 Å². The summed E-state index contributed by atoms with van der Waals surface area (Å²) >= 11 is 0. The number of carbonyl (C=O) groups is 2. The predicted molar refractivity (Wildman–Crippen MR) is 47.1 cm³/mol. The average molecular weight is 181 g/mol. The van der Waals surface area contributed by atoms with Gasteiger partial charge < -0.3 is 4.57 Å². The van der Waals surface area contributed by atoms with Crippen molar-refractivity contribution in [3.05, 3.63) is 23.5 Å². The molecule has 1 aromatic heterocycles. The van der Waals surface area contributed by atoms with Gasteiger partial charge in [0.05, 0.1) is 0 Å². The summed E-state index contributed by atoms with van der Waals surface area (Å²) < 4.78 is 1.55. The van der Waals surface area contributed by atoms with Gasteiger partial charge in [-0.1, -0.05) is 0 Å². The lowest BCUT2D eigenvalue weighted by atomic mass is 10.2. The summed E-state index contributed by atoms with van der Waals surface area (Å²) in [6.45, 7) is 1.44. The number of nitrogens with zero attached hydrogens (tertiary/aromatic N) is 1. The van der Waals surface area contributed by atoms with E-state index in [9.17, 15) is 9.59 Å². The quantitative estimate of drug-likeness (QED) is 0.288. The molecule has 0 radical (unpaired) electrons. The fourth-order valence-electron chi connectivity index (χ4n) is 1.06. The third kappa shape index (κ3) is 1.75. The van der Waals surface area contributed by atoms with E-state index in [1.54, 1.807) is 17.8 Å². The van der Waals surface area contributed by atoms with Gasteiger partial charge in [0.25, 0.3) is 5.91 Å². The van der Waals surface area contributed by atoms with Crippen molar-refractivity contribution in [1.29, 1.82) is 0 Å². The van der Waals surface area contributed by atoms with Gasteiger partial charge in [0, 0.05) is 18.8 Å². The molecule has 3 N–H and O–H groups in total. The number of amides is 1. The number of carbonyl (C=O) groups excluding carboxylic acids is 2. The normalized spacial score (nSPS) is 9.77. The molecule has 0 unspecified atom stereocenters. The fourth-order valence-corrected chi connectivity index (χ4v) is 1.06. The van der Waals surface area contributed by atoms with Crippen LogP contribution in [0.5, 0.6) is 0 Å². The van der Waals surface area contributed by atoms with Gasteiger partial charge in [0.1, 0.15) is 5.69 Å². The van der Waals surface area contributed by atoms with E-state index in [1.165, 1.54) is 13.0 Å². The Morgan fingerprint density at radius 3 is 2.54 bits per heavy atom. The van der Waals surface area contributed by atoms with Crippen molar-refractivity contribution in [2.24, 2.45) is 12.9 Å². The van der Waals surface area contributed by atoms with E-state index in [1.807, 2.05) is 5.43 Å². The second-order valence-corrected chi connectivity index (χ2v) is 2.75. The van der Waals surface area contributed by atoms with Gasteiger partial charge in [-0.15, -0.1) is 0 Å². The van der Waals surface area contributed by atoms with Crippen LogP contribution >= 0.6 is 0 Å². The molecule has 0 aliphatic carbocycles. The Bertz CT molecular complexity index is 354. The zero-order chi connectivity index (χ0) is 10.0. The maximum atomic E-state index is 11.1. The van der Waals surface area contributed by atoms with E-state index in [-0.39, 0.29) is 5.78 Å². The minimum absolute atomic E-state index is 0.0772. The zero-order valence-electron chi connectivity index (χ0n) is 7.50. The van der Waals surface area contributed by atoms with Gasteiger partial charge in [0.2, 0.25) is 0 Å². The molecule has 1 heterocycles. The maximum Gasteiger partial charge on any atom is 0.281 e. The van der Waals surface area contributed by atoms with Crippen molar-refractivity contribution in [2.45, 2.75) is 6.92 Å². The number of rotatable bonds is 2. The molecule has 0 aromatic carbocycles. The van der Waals surface area contributed by atoms with Crippen molar-refractivity contribution >= 4 is 11.7 Å². The van der Waals surface area contributed by atoms with Crippen LogP contribution < -0.4 is 11.3 Å². The van der Waals surface area contributed by atoms with Gasteiger partial charge in [-0.05, 0) is 13.0 Å². The van der Waals surface area contributed by atoms with Crippen LogP contribution in [0.3, 0.4) is 0 Å². The van der Waals surface area contributed by atoms with Gasteiger partial charge >= 0.3 is 0 Å². The van der Waals surface area contributed by atoms with Crippen LogP contribution in [0.25, 0.3) is 0 Å². The molecule has 0 aliphatic heterocycles. The van der Waals surface area contributed by atoms with Crippen LogP contribution in [-0.4, -0.2) is 16.3 Å². The summed E-state index contributed by atoms with van der Waals surface area (Å²) in [7, 11) is 1.68. The molecule has 1 aromatic rings. The molecule has 1 rings (SSSR count). The summed E-state index contributed by atoms with van der Waals surface area (Å²) in [5.74, 6) is 4.48. The average Bonchev–Trinajstić information content (AvgIpc) is 2.46. The number of hydrogen-bond acceptors (Lipinski definition) is 3. The number of nitrogen functional groups attached to an aromatic ring is 1. The molecule has 1 amide bonds. The first-order chi connectivity index (χ1) is 6.06. The smallest absolute Gasteiger partial charge is 0.281 e. The van der Waals surface area contributed by atoms with Gasteiger partial charge in [-0.25, -0.2) is 5.84 Å².